The zero-order chi connectivity index (χ0) is 15.8. The van der Waals surface area contributed by atoms with Gasteiger partial charge in [0, 0.05) is 5.56 Å². The maximum atomic E-state index is 12.4. The molecule has 0 saturated carbocycles. The van der Waals surface area contributed by atoms with E-state index in [1.807, 2.05) is 25.1 Å². The number of carbonyl (C=O) groups excluding carboxylic acids is 1. The van der Waals surface area contributed by atoms with Crippen LogP contribution in [0.5, 0.6) is 23.0 Å². The summed E-state index contributed by atoms with van der Waals surface area (Å²) in [5, 5.41) is 2.96. The summed E-state index contributed by atoms with van der Waals surface area (Å²) in [6.07, 6.45) is 0. The summed E-state index contributed by atoms with van der Waals surface area (Å²) in [6, 6.07) is 10.6. The van der Waals surface area contributed by atoms with Gasteiger partial charge in [-0.2, -0.15) is 0 Å². The Morgan fingerprint density at radius 3 is 2.26 bits per heavy atom. The molecule has 2 aliphatic heterocycles. The number of ether oxygens (including phenoxy) is 4. The van der Waals surface area contributed by atoms with Gasteiger partial charge in [-0.25, -0.2) is 0 Å². The number of amides is 1. The zero-order valence-corrected chi connectivity index (χ0v) is 12.5. The molecule has 2 aromatic carbocycles. The highest BCUT2D eigenvalue weighted by molar-refractivity contribution is 5.95. The first-order valence-corrected chi connectivity index (χ1v) is 7.31. The predicted molar refractivity (Wildman–Crippen MR) is 81.0 cm³/mol. The van der Waals surface area contributed by atoms with Crippen LogP contribution in [0.1, 0.15) is 28.9 Å². The average Bonchev–Trinajstić information content (AvgIpc) is 3.21. The molecule has 6 nitrogen and oxygen atoms in total. The van der Waals surface area contributed by atoms with E-state index in [1.54, 1.807) is 18.2 Å². The molecule has 2 aliphatic rings. The Morgan fingerprint density at radius 1 is 0.913 bits per heavy atom. The van der Waals surface area contributed by atoms with Crippen LogP contribution in [0.4, 0.5) is 0 Å². The maximum Gasteiger partial charge on any atom is 0.251 e. The molecule has 0 bridgehead atoms. The monoisotopic (exact) mass is 313 g/mol. The molecule has 1 atom stereocenters. The Hall–Kier alpha value is -2.89. The molecule has 2 aromatic rings. The second kappa shape index (κ2) is 5.39. The first-order valence-electron chi connectivity index (χ1n) is 7.31. The lowest BCUT2D eigenvalue weighted by Crippen LogP contribution is -2.26. The number of benzene rings is 2. The van der Waals surface area contributed by atoms with Gasteiger partial charge in [-0.3, -0.25) is 4.79 Å². The third kappa shape index (κ3) is 2.52. The van der Waals surface area contributed by atoms with Crippen molar-refractivity contribution in [2.75, 3.05) is 13.6 Å². The van der Waals surface area contributed by atoms with Gasteiger partial charge in [-0.05, 0) is 42.8 Å². The van der Waals surface area contributed by atoms with Crippen molar-refractivity contribution in [3.63, 3.8) is 0 Å². The van der Waals surface area contributed by atoms with Gasteiger partial charge in [0.25, 0.3) is 5.91 Å². The molecule has 4 rings (SSSR count). The van der Waals surface area contributed by atoms with E-state index in [9.17, 15) is 4.79 Å². The van der Waals surface area contributed by atoms with Gasteiger partial charge >= 0.3 is 0 Å². The Kier molecular flexibility index (Phi) is 3.22. The van der Waals surface area contributed by atoms with Crippen molar-refractivity contribution in [1.29, 1.82) is 0 Å². The van der Waals surface area contributed by atoms with E-state index < -0.39 is 0 Å². The van der Waals surface area contributed by atoms with E-state index in [0.29, 0.717) is 22.8 Å². The molecule has 0 spiro atoms. The summed E-state index contributed by atoms with van der Waals surface area (Å²) >= 11 is 0. The molecule has 23 heavy (non-hydrogen) atoms. The highest BCUT2D eigenvalue weighted by Crippen LogP contribution is 2.35. The lowest BCUT2D eigenvalue weighted by Gasteiger charge is -2.15. The first-order chi connectivity index (χ1) is 11.2. The van der Waals surface area contributed by atoms with Crippen LogP contribution in [0, 0.1) is 0 Å². The number of hydrogen-bond acceptors (Lipinski definition) is 5. The normalized spacial score (nSPS) is 15.3. The van der Waals surface area contributed by atoms with Crippen LogP contribution in [0.3, 0.4) is 0 Å². The molecule has 1 N–H and O–H groups in total. The van der Waals surface area contributed by atoms with Gasteiger partial charge in [0.1, 0.15) is 0 Å². The maximum absolute atomic E-state index is 12.4. The lowest BCUT2D eigenvalue weighted by molar-refractivity contribution is 0.0939. The van der Waals surface area contributed by atoms with Gasteiger partial charge in [0.2, 0.25) is 13.6 Å². The van der Waals surface area contributed by atoms with Crippen molar-refractivity contribution in [3.05, 3.63) is 47.5 Å². The molecule has 0 fully saturated rings. The van der Waals surface area contributed by atoms with Gasteiger partial charge in [-0.1, -0.05) is 6.07 Å². The van der Waals surface area contributed by atoms with Crippen LogP contribution in [-0.2, 0) is 0 Å². The lowest BCUT2D eigenvalue weighted by atomic mass is 10.1. The van der Waals surface area contributed by atoms with Crippen LogP contribution in [-0.4, -0.2) is 19.5 Å². The second-order valence-electron chi connectivity index (χ2n) is 5.38. The molecular formula is C17H15NO5. The highest BCUT2D eigenvalue weighted by Gasteiger charge is 2.19. The third-order valence-electron chi connectivity index (χ3n) is 3.88. The van der Waals surface area contributed by atoms with E-state index in [4.69, 9.17) is 18.9 Å². The van der Waals surface area contributed by atoms with Crippen LogP contribution in [0.15, 0.2) is 36.4 Å². The van der Waals surface area contributed by atoms with Crippen molar-refractivity contribution in [2.24, 2.45) is 0 Å². The van der Waals surface area contributed by atoms with Crippen LogP contribution >= 0.6 is 0 Å². The largest absolute Gasteiger partial charge is 0.454 e. The van der Waals surface area contributed by atoms with Crippen molar-refractivity contribution < 1.29 is 23.7 Å². The van der Waals surface area contributed by atoms with Crippen molar-refractivity contribution in [1.82, 2.24) is 5.32 Å². The Labute approximate surface area is 132 Å². The standard InChI is InChI=1S/C17H15NO5/c1-10(11-2-4-13-15(6-11)22-8-20-13)18-17(19)12-3-5-14-16(7-12)23-9-21-14/h2-7,10H,8-9H2,1H3,(H,18,19). The molecular weight excluding hydrogens is 298 g/mol. The topological polar surface area (TPSA) is 66.0 Å². The van der Waals surface area contributed by atoms with E-state index >= 15 is 0 Å². The smallest absolute Gasteiger partial charge is 0.251 e. The van der Waals surface area contributed by atoms with E-state index in [1.165, 1.54) is 0 Å². The van der Waals surface area contributed by atoms with Crippen LogP contribution in [0.25, 0.3) is 0 Å². The molecule has 118 valence electrons. The molecule has 0 radical (unpaired) electrons. The van der Waals surface area contributed by atoms with E-state index in [2.05, 4.69) is 5.32 Å². The fraction of sp³-hybridized carbons (Fsp3) is 0.235. The summed E-state index contributed by atoms with van der Waals surface area (Å²) in [6.45, 7) is 2.34. The summed E-state index contributed by atoms with van der Waals surface area (Å²) in [5.41, 5.74) is 1.48. The third-order valence-corrected chi connectivity index (χ3v) is 3.88. The summed E-state index contributed by atoms with van der Waals surface area (Å²) in [7, 11) is 0. The quantitative estimate of drug-likeness (QED) is 0.943. The highest BCUT2D eigenvalue weighted by atomic mass is 16.7. The predicted octanol–water partition coefficient (Wildman–Crippen LogP) is 2.64. The number of fused-ring (bicyclic) bond motifs is 2. The van der Waals surface area contributed by atoms with Crippen molar-refractivity contribution in [2.45, 2.75) is 13.0 Å². The first kappa shape index (κ1) is 13.8. The molecule has 1 amide bonds. The van der Waals surface area contributed by atoms with Gasteiger partial charge in [0.15, 0.2) is 23.0 Å². The summed E-state index contributed by atoms with van der Waals surface area (Å²) in [5.74, 6) is 2.50. The minimum absolute atomic E-state index is 0.164. The average molecular weight is 313 g/mol. The van der Waals surface area contributed by atoms with Crippen LogP contribution in [0.2, 0.25) is 0 Å². The van der Waals surface area contributed by atoms with E-state index in [-0.39, 0.29) is 25.5 Å². The molecule has 1 unspecified atom stereocenters. The molecule has 0 aliphatic carbocycles. The molecule has 2 heterocycles. The summed E-state index contributed by atoms with van der Waals surface area (Å²) < 4.78 is 21.2. The van der Waals surface area contributed by atoms with Gasteiger partial charge in [-0.15, -0.1) is 0 Å². The second-order valence-corrected chi connectivity index (χ2v) is 5.38. The molecule has 6 heteroatoms. The van der Waals surface area contributed by atoms with Crippen LogP contribution < -0.4 is 24.3 Å². The zero-order valence-electron chi connectivity index (χ0n) is 12.5. The number of carbonyl (C=O) groups is 1. The Bertz CT molecular complexity index is 774. The van der Waals surface area contributed by atoms with Crippen molar-refractivity contribution >= 4 is 5.91 Å². The molecule has 0 aromatic heterocycles. The number of rotatable bonds is 3. The SMILES string of the molecule is CC(NC(=O)c1ccc2c(c1)OCO2)c1ccc2c(c1)OCO2. The number of nitrogens with one attached hydrogen (secondary N) is 1. The fourth-order valence-electron chi connectivity index (χ4n) is 2.58. The summed E-state index contributed by atoms with van der Waals surface area (Å²) in [4.78, 5) is 12.4. The molecule has 0 saturated heterocycles. The van der Waals surface area contributed by atoms with E-state index in [0.717, 1.165) is 11.3 Å². The minimum atomic E-state index is -0.173. The Morgan fingerprint density at radius 2 is 1.52 bits per heavy atom. The van der Waals surface area contributed by atoms with Gasteiger partial charge in [0.05, 0.1) is 6.04 Å². The number of hydrogen-bond donors (Lipinski definition) is 1. The Balaban J connectivity index is 1.50. The fourth-order valence-corrected chi connectivity index (χ4v) is 2.58. The van der Waals surface area contributed by atoms with Gasteiger partial charge < -0.3 is 24.3 Å². The van der Waals surface area contributed by atoms with Crippen molar-refractivity contribution in [3.8, 4) is 23.0 Å². The minimum Gasteiger partial charge on any atom is -0.454 e.